The number of nitrogens with zero attached hydrogens (tertiary/aromatic N) is 1. The van der Waals surface area contributed by atoms with Crippen molar-refractivity contribution in [2.24, 2.45) is 5.84 Å². The Labute approximate surface area is 119 Å². The maximum atomic E-state index is 11.6. The number of fused-ring (bicyclic) bond motifs is 1. The summed E-state index contributed by atoms with van der Waals surface area (Å²) in [6.07, 6.45) is 3.39. The molecule has 0 atom stereocenters. The molecule has 0 saturated carbocycles. The van der Waals surface area contributed by atoms with Gasteiger partial charge in [-0.15, -0.1) is 0 Å². The number of halogens is 1. The lowest BCUT2D eigenvalue weighted by atomic mass is 10.2. The van der Waals surface area contributed by atoms with Gasteiger partial charge in [-0.05, 0) is 18.2 Å². The van der Waals surface area contributed by atoms with Crippen molar-refractivity contribution in [3.05, 3.63) is 59.1 Å². The van der Waals surface area contributed by atoms with E-state index < -0.39 is 5.91 Å². The molecule has 1 amide bonds. The number of nitrogens with one attached hydrogen (secondary N) is 1. The molecule has 1 aromatic carbocycles. The normalized spacial score (nSPS) is 10.9. The van der Waals surface area contributed by atoms with E-state index in [9.17, 15) is 4.79 Å². The van der Waals surface area contributed by atoms with Crippen LogP contribution in [0.1, 0.15) is 16.1 Å². The Morgan fingerprint density at radius 1 is 1.35 bits per heavy atom. The molecule has 3 rings (SSSR count). The zero-order valence-electron chi connectivity index (χ0n) is 10.5. The number of carbonyl (C=O) groups excluding carboxylic acids is 1. The second-order valence-corrected chi connectivity index (χ2v) is 4.78. The first-order valence-corrected chi connectivity index (χ1v) is 6.39. The Morgan fingerprint density at radius 3 is 3.00 bits per heavy atom. The van der Waals surface area contributed by atoms with Gasteiger partial charge in [-0.25, -0.2) is 5.84 Å². The van der Waals surface area contributed by atoms with E-state index >= 15 is 0 Å². The van der Waals surface area contributed by atoms with Gasteiger partial charge in [-0.3, -0.25) is 10.2 Å². The molecule has 20 heavy (non-hydrogen) atoms. The van der Waals surface area contributed by atoms with Crippen LogP contribution in [0.25, 0.3) is 10.9 Å². The third-order valence-corrected chi connectivity index (χ3v) is 3.47. The highest BCUT2D eigenvalue weighted by Crippen LogP contribution is 2.25. The van der Waals surface area contributed by atoms with Crippen molar-refractivity contribution < 1.29 is 9.21 Å². The van der Waals surface area contributed by atoms with Gasteiger partial charge >= 0.3 is 5.91 Å². The molecule has 5 nitrogen and oxygen atoms in total. The van der Waals surface area contributed by atoms with Gasteiger partial charge in [0, 0.05) is 17.1 Å². The molecule has 0 spiro atoms. The van der Waals surface area contributed by atoms with Crippen molar-refractivity contribution >= 4 is 28.4 Å². The fourth-order valence-electron chi connectivity index (χ4n) is 2.25. The van der Waals surface area contributed by atoms with Gasteiger partial charge in [0.1, 0.15) is 0 Å². The predicted octanol–water partition coefficient (Wildman–Crippen LogP) is 2.54. The largest absolute Gasteiger partial charge is 0.459 e. The summed E-state index contributed by atoms with van der Waals surface area (Å²) in [6.45, 7) is 0.479. The number of aromatic nitrogens is 1. The number of carbonyl (C=O) groups is 1. The number of nitrogen functional groups attached to an aromatic ring is 1. The van der Waals surface area contributed by atoms with E-state index in [-0.39, 0.29) is 5.76 Å². The van der Waals surface area contributed by atoms with Gasteiger partial charge in [0.15, 0.2) is 5.76 Å². The van der Waals surface area contributed by atoms with E-state index in [0.29, 0.717) is 11.6 Å². The van der Waals surface area contributed by atoms with Crippen molar-refractivity contribution in [2.75, 3.05) is 0 Å². The van der Waals surface area contributed by atoms with Gasteiger partial charge in [0.2, 0.25) is 0 Å². The maximum absolute atomic E-state index is 11.6. The van der Waals surface area contributed by atoms with E-state index in [1.807, 2.05) is 35.0 Å². The third kappa shape index (κ3) is 2.07. The molecule has 2 aromatic heterocycles. The molecule has 102 valence electrons. The molecule has 3 N–H and O–H groups in total. The number of hydrogen-bond donors (Lipinski definition) is 2. The minimum atomic E-state index is -0.451. The van der Waals surface area contributed by atoms with Crippen LogP contribution in [0.4, 0.5) is 0 Å². The molecule has 0 fully saturated rings. The summed E-state index contributed by atoms with van der Waals surface area (Å²) >= 11 is 6.23. The summed E-state index contributed by atoms with van der Waals surface area (Å²) in [5, 5.41) is 1.71. The standard InChI is InChI=1S/C14H12ClN3O2/c15-11-3-1-2-9-4-6-18(12(9)11)8-10-5-7-20-13(10)14(19)17-16/h1-7H,8,16H2,(H,17,19). The summed E-state index contributed by atoms with van der Waals surface area (Å²) in [7, 11) is 0. The zero-order valence-corrected chi connectivity index (χ0v) is 11.2. The Bertz CT molecular complexity index is 776. The first kappa shape index (κ1) is 12.8. The van der Waals surface area contributed by atoms with E-state index in [1.54, 1.807) is 6.07 Å². The third-order valence-electron chi connectivity index (χ3n) is 3.16. The van der Waals surface area contributed by atoms with Gasteiger partial charge in [-0.2, -0.15) is 0 Å². The van der Waals surface area contributed by atoms with Crippen LogP contribution in [0.3, 0.4) is 0 Å². The minimum absolute atomic E-state index is 0.210. The monoisotopic (exact) mass is 289 g/mol. The maximum Gasteiger partial charge on any atom is 0.301 e. The van der Waals surface area contributed by atoms with Crippen LogP contribution < -0.4 is 11.3 Å². The molecule has 3 aromatic rings. The Kier molecular flexibility index (Phi) is 3.22. The molecule has 0 bridgehead atoms. The Balaban J connectivity index is 2.02. The number of nitrogens with two attached hydrogens (primary N) is 1. The van der Waals surface area contributed by atoms with Crippen LogP contribution in [-0.2, 0) is 6.54 Å². The van der Waals surface area contributed by atoms with Crippen LogP contribution in [0.15, 0.2) is 47.2 Å². The van der Waals surface area contributed by atoms with E-state index in [4.69, 9.17) is 21.9 Å². The number of amides is 1. The highest BCUT2D eigenvalue weighted by atomic mass is 35.5. The molecule has 0 aliphatic rings. The SMILES string of the molecule is NNC(=O)c1occc1Cn1ccc2cccc(Cl)c21. The highest BCUT2D eigenvalue weighted by Gasteiger charge is 2.15. The summed E-state index contributed by atoms with van der Waals surface area (Å²) in [6, 6.07) is 9.45. The van der Waals surface area contributed by atoms with Gasteiger partial charge in [0.05, 0.1) is 23.3 Å². The summed E-state index contributed by atoms with van der Waals surface area (Å²) in [5.41, 5.74) is 3.73. The van der Waals surface area contributed by atoms with Crippen LogP contribution in [0, 0.1) is 0 Å². The molecule has 2 heterocycles. The summed E-state index contributed by atoms with van der Waals surface area (Å²) < 4.78 is 7.14. The molecule has 6 heteroatoms. The molecule has 0 saturated heterocycles. The lowest BCUT2D eigenvalue weighted by Crippen LogP contribution is -2.30. The van der Waals surface area contributed by atoms with Gasteiger partial charge in [0.25, 0.3) is 0 Å². The number of hydrazine groups is 1. The average molecular weight is 290 g/mol. The zero-order chi connectivity index (χ0) is 14.1. The van der Waals surface area contributed by atoms with Crippen LogP contribution in [0.2, 0.25) is 5.02 Å². The van der Waals surface area contributed by atoms with Crippen molar-refractivity contribution in [2.45, 2.75) is 6.54 Å². The highest BCUT2D eigenvalue weighted by molar-refractivity contribution is 6.35. The molecule has 0 radical (unpaired) electrons. The van der Waals surface area contributed by atoms with Crippen LogP contribution in [-0.4, -0.2) is 10.5 Å². The van der Waals surface area contributed by atoms with E-state index in [2.05, 4.69) is 5.43 Å². The smallest absolute Gasteiger partial charge is 0.301 e. The molecule has 0 aliphatic heterocycles. The number of para-hydroxylation sites is 1. The number of rotatable bonds is 3. The lowest BCUT2D eigenvalue weighted by molar-refractivity contribution is 0.0924. The fourth-order valence-corrected chi connectivity index (χ4v) is 2.54. The summed E-state index contributed by atoms with van der Waals surface area (Å²) in [4.78, 5) is 11.6. The molecular formula is C14H12ClN3O2. The molecule has 0 unspecified atom stereocenters. The lowest BCUT2D eigenvalue weighted by Gasteiger charge is -2.06. The predicted molar refractivity (Wildman–Crippen MR) is 76.4 cm³/mol. The fraction of sp³-hybridized carbons (Fsp3) is 0.0714. The van der Waals surface area contributed by atoms with Crippen LogP contribution >= 0.6 is 11.6 Å². The molecular weight excluding hydrogens is 278 g/mol. The second kappa shape index (κ2) is 5.03. The van der Waals surface area contributed by atoms with Crippen molar-refractivity contribution in [1.29, 1.82) is 0 Å². The quantitative estimate of drug-likeness (QED) is 0.442. The first-order chi connectivity index (χ1) is 9.70. The number of benzene rings is 1. The van der Waals surface area contributed by atoms with Gasteiger partial charge < -0.3 is 8.98 Å². The van der Waals surface area contributed by atoms with E-state index in [1.165, 1.54) is 6.26 Å². The number of hydrogen-bond acceptors (Lipinski definition) is 3. The molecule has 0 aliphatic carbocycles. The average Bonchev–Trinajstić information content (AvgIpc) is 3.07. The second-order valence-electron chi connectivity index (χ2n) is 4.37. The van der Waals surface area contributed by atoms with E-state index in [0.717, 1.165) is 16.5 Å². The summed E-state index contributed by atoms with van der Waals surface area (Å²) in [5.74, 6) is 4.89. The Morgan fingerprint density at radius 2 is 2.20 bits per heavy atom. The topological polar surface area (TPSA) is 73.2 Å². The van der Waals surface area contributed by atoms with Crippen molar-refractivity contribution in [3.63, 3.8) is 0 Å². The first-order valence-electron chi connectivity index (χ1n) is 6.01. The van der Waals surface area contributed by atoms with Crippen LogP contribution in [0.5, 0.6) is 0 Å². The van der Waals surface area contributed by atoms with Crippen molar-refractivity contribution in [3.8, 4) is 0 Å². The minimum Gasteiger partial charge on any atom is -0.459 e. The Hall–Kier alpha value is -2.24. The number of furan rings is 1. The van der Waals surface area contributed by atoms with Crippen molar-refractivity contribution in [1.82, 2.24) is 9.99 Å². The van der Waals surface area contributed by atoms with Gasteiger partial charge in [-0.1, -0.05) is 23.7 Å².